The zero-order valence-electron chi connectivity index (χ0n) is 3.79. The first-order valence-corrected chi connectivity index (χ1v) is 2.93. The van der Waals surface area contributed by atoms with Crippen LogP contribution in [0, 0.1) is 0 Å². The predicted molar refractivity (Wildman–Crippen MR) is 30.8 cm³/mol. The molecule has 0 fully saturated rings. The maximum absolute atomic E-state index is 5.04. The summed E-state index contributed by atoms with van der Waals surface area (Å²) in [6.45, 7) is 0. The predicted octanol–water partition coefficient (Wildman–Crippen LogP) is -0.158. The van der Waals surface area contributed by atoms with E-state index in [1.54, 1.807) is 16.4 Å². The number of nitrogens with one attached hydrogen (secondary N) is 1. The van der Waals surface area contributed by atoms with Gasteiger partial charge in [-0.2, -0.15) is 5.53 Å². The van der Waals surface area contributed by atoms with Crippen LogP contribution >= 0.6 is 11.9 Å². The van der Waals surface area contributed by atoms with E-state index in [2.05, 4.69) is 5.53 Å². The van der Waals surface area contributed by atoms with Crippen molar-refractivity contribution in [3.8, 4) is 0 Å². The molecule has 1 aliphatic rings. The van der Waals surface area contributed by atoms with Crippen molar-refractivity contribution >= 4 is 11.9 Å². The second-order valence-corrected chi connectivity index (χ2v) is 2.12. The smallest absolute Gasteiger partial charge is 0.0347 e. The average molecular weight is 117 g/mol. The third-order valence-corrected chi connectivity index (χ3v) is 1.52. The van der Waals surface area contributed by atoms with Gasteiger partial charge < -0.3 is 0 Å². The molecule has 40 valence electrons. The van der Waals surface area contributed by atoms with Crippen LogP contribution < -0.4 is 11.4 Å². The van der Waals surface area contributed by atoms with Crippen LogP contribution in [0.15, 0.2) is 12.3 Å². The lowest BCUT2D eigenvalue weighted by molar-refractivity contribution is 0.473. The Kier molecular flexibility index (Phi) is 1.56. The zero-order chi connectivity index (χ0) is 5.11. The van der Waals surface area contributed by atoms with Gasteiger partial charge in [0.25, 0.3) is 0 Å². The van der Waals surface area contributed by atoms with Gasteiger partial charge in [-0.3, -0.25) is 5.84 Å². The van der Waals surface area contributed by atoms with Crippen molar-refractivity contribution in [1.82, 2.24) is 9.95 Å². The maximum Gasteiger partial charge on any atom is 0.0347 e. The van der Waals surface area contributed by atoms with Crippen LogP contribution in [0.4, 0.5) is 0 Å². The highest BCUT2D eigenvalue weighted by Crippen LogP contribution is 2.12. The fourth-order valence-corrected chi connectivity index (χ4v) is 0.965. The van der Waals surface area contributed by atoms with Gasteiger partial charge in [0.15, 0.2) is 0 Å². The van der Waals surface area contributed by atoms with Crippen LogP contribution in [0.1, 0.15) is 0 Å². The van der Waals surface area contributed by atoms with Crippen LogP contribution in [0.5, 0.6) is 0 Å². The molecule has 0 unspecified atom stereocenters. The summed E-state index contributed by atoms with van der Waals surface area (Å²) in [5.41, 5.74) is 2.47. The molecule has 4 heteroatoms. The highest BCUT2D eigenvalue weighted by atomic mass is 32.2. The average Bonchev–Trinajstić information content (AvgIpc) is 2.14. The van der Waals surface area contributed by atoms with Gasteiger partial charge in [0.1, 0.15) is 0 Å². The van der Waals surface area contributed by atoms with Crippen molar-refractivity contribution in [2.45, 2.75) is 0 Å². The van der Waals surface area contributed by atoms with Crippen molar-refractivity contribution in [2.24, 2.45) is 5.84 Å². The van der Waals surface area contributed by atoms with Crippen molar-refractivity contribution in [3.05, 3.63) is 12.3 Å². The molecule has 7 heavy (non-hydrogen) atoms. The van der Waals surface area contributed by atoms with Crippen LogP contribution in [-0.2, 0) is 0 Å². The molecule has 0 spiro atoms. The van der Waals surface area contributed by atoms with E-state index in [0.29, 0.717) is 0 Å². The number of hydrazine groups is 2. The topological polar surface area (TPSA) is 41.3 Å². The molecule has 0 bridgehead atoms. The molecule has 0 atom stereocenters. The first-order chi connectivity index (χ1) is 3.43. The lowest BCUT2D eigenvalue weighted by Crippen LogP contribution is -2.32. The van der Waals surface area contributed by atoms with Crippen molar-refractivity contribution in [3.63, 3.8) is 0 Å². The number of nitrogens with two attached hydrogens (primary N) is 1. The first-order valence-electron chi connectivity index (χ1n) is 1.98. The largest absolute Gasteiger partial charge is 0.252 e. The van der Waals surface area contributed by atoms with E-state index in [9.17, 15) is 0 Å². The fourth-order valence-electron chi connectivity index (χ4n) is 0.385. The van der Waals surface area contributed by atoms with E-state index in [1.807, 2.05) is 12.3 Å². The quantitative estimate of drug-likeness (QED) is 0.284. The second-order valence-electron chi connectivity index (χ2n) is 1.14. The summed E-state index contributed by atoms with van der Waals surface area (Å²) in [6.07, 6.45) is 3.93. The molecule has 0 aromatic rings. The van der Waals surface area contributed by atoms with Gasteiger partial charge in [-0.1, -0.05) is 6.08 Å². The SMILES string of the molecule is NNN1C=CCS1. The monoisotopic (exact) mass is 117 g/mol. The first kappa shape index (κ1) is 4.96. The van der Waals surface area contributed by atoms with E-state index < -0.39 is 0 Å². The summed E-state index contributed by atoms with van der Waals surface area (Å²) in [5.74, 6) is 6.06. The van der Waals surface area contributed by atoms with Gasteiger partial charge >= 0.3 is 0 Å². The maximum atomic E-state index is 5.04. The molecule has 0 amide bonds. The molecule has 0 aromatic heterocycles. The molecule has 0 radical (unpaired) electrons. The lowest BCUT2D eigenvalue weighted by atomic mass is 10.7. The molecule has 3 N–H and O–H groups in total. The fraction of sp³-hybridized carbons (Fsp3) is 0.333. The Bertz CT molecular complexity index is 82.2. The standard InChI is InChI=1S/C3H7N3S/c4-5-6-2-1-3-7-6/h1-2,5H,3-4H2. The van der Waals surface area contributed by atoms with Crippen LogP contribution in [0.2, 0.25) is 0 Å². The molecule has 3 nitrogen and oxygen atoms in total. The molecule has 0 aliphatic carbocycles. The van der Waals surface area contributed by atoms with Crippen LogP contribution in [-0.4, -0.2) is 10.2 Å². The molecular formula is C3H7N3S. The number of rotatable bonds is 1. The van der Waals surface area contributed by atoms with E-state index in [4.69, 9.17) is 5.84 Å². The number of hydrogen-bond donors (Lipinski definition) is 2. The Hall–Kier alpha value is -0.190. The van der Waals surface area contributed by atoms with Gasteiger partial charge in [0.2, 0.25) is 0 Å². The highest BCUT2D eigenvalue weighted by molar-refractivity contribution is 7.97. The minimum atomic E-state index is 1.02. The summed E-state index contributed by atoms with van der Waals surface area (Å²) in [6, 6.07) is 0. The summed E-state index contributed by atoms with van der Waals surface area (Å²) in [7, 11) is 0. The Labute approximate surface area is 46.6 Å². The van der Waals surface area contributed by atoms with E-state index in [-0.39, 0.29) is 0 Å². The van der Waals surface area contributed by atoms with Gasteiger partial charge in [-0.15, -0.1) is 0 Å². The van der Waals surface area contributed by atoms with Gasteiger partial charge in [-0.25, -0.2) is 4.41 Å². The molecular weight excluding hydrogens is 110 g/mol. The lowest BCUT2D eigenvalue weighted by Gasteiger charge is -2.08. The normalized spacial score (nSPS) is 18.7. The van der Waals surface area contributed by atoms with Gasteiger partial charge in [-0.05, 0) is 11.9 Å². The minimum absolute atomic E-state index is 1.02. The van der Waals surface area contributed by atoms with Crippen molar-refractivity contribution in [1.29, 1.82) is 0 Å². The Balaban J connectivity index is 2.28. The third-order valence-electron chi connectivity index (χ3n) is 0.678. The molecule has 1 aliphatic heterocycles. The van der Waals surface area contributed by atoms with Crippen LogP contribution in [0.25, 0.3) is 0 Å². The van der Waals surface area contributed by atoms with Gasteiger partial charge in [0.05, 0.1) is 0 Å². The zero-order valence-corrected chi connectivity index (χ0v) is 4.61. The second kappa shape index (κ2) is 2.20. The summed E-state index contributed by atoms with van der Waals surface area (Å²) < 4.78 is 1.75. The van der Waals surface area contributed by atoms with Crippen molar-refractivity contribution < 1.29 is 0 Å². The Morgan fingerprint density at radius 3 is 3.00 bits per heavy atom. The molecule has 1 rings (SSSR count). The molecule has 0 saturated heterocycles. The minimum Gasteiger partial charge on any atom is -0.252 e. The van der Waals surface area contributed by atoms with Crippen LogP contribution in [0.3, 0.4) is 0 Å². The van der Waals surface area contributed by atoms with Gasteiger partial charge in [0, 0.05) is 12.0 Å². The molecule has 0 aromatic carbocycles. The summed E-state index contributed by atoms with van der Waals surface area (Å²) >= 11 is 1.63. The highest BCUT2D eigenvalue weighted by Gasteiger charge is 1.98. The summed E-state index contributed by atoms with van der Waals surface area (Å²) in [5, 5.41) is 0. The molecule has 1 heterocycles. The van der Waals surface area contributed by atoms with Crippen molar-refractivity contribution in [2.75, 3.05) is 5.75 Å². The number of hydrogen-bond acceptors (Lipinski definition) is 4. The Morgan fingerprint density at radius 1 is 1.86 bits per heavy atom. The van der Waals surface area contributed by atoms with E-state index >= 15 is 0 Å². The van der Waals surface area contributed by atoms with E-state index in [0.717, 1.165) is 5.75 Å². The number of nitrogens with zero attached hydrogens (tertiary/aromatic N) is 1. The Morgan fingerprint density at radius 2 is 2.71 bits per heavy atom. The summed E-state index contributed by atoms with van der Waals surface area (Å²) in [4.78, 5) is 0. The third kappa shape index (κ3) is 1.09. The van der Waals surface area contributed by atoms with E-state index in [1.165, 1.54) is 0 Å². The molecule has 0 saturated carbocycles.